The van der Waals surface area contributed by atoms with Crippen molar-refractivity contribution in [1.82, 2.24) is 4.90 Å². The van der Waals surface area contributed by atoms with Crippen molar-refractivity contribution in [3.63, 3.8) is 0 Å². The summed E-state index contributed by atoms with van der Waals surface area (Å²) in [5.74, 6) is 1.15. The van der Waals surface area contributed by atoms with E-state index in [1.165, 1.54) is 11.8 Å². The van der Waals surface area contributed by atoms with E-state index in [1.807, 2.05) is 42.5 Å². The van der Waals surface area contributed by atoms with E-state index < -0.39 is 0 Å². The molecule has 2 aliphatic rings. The fraction of sp³-hybridized carbons (Fsp3) is 0.200. The standard InChI is InChI=1S/C20H17ClN2O3S/c21-17-13-16(26-15-4-2-1-3-5-15)7-6-14(17)12-18-19(24)22-20(27-18)23-8-10-25-11-9-23/h1-7,12-13H,8-11H2. The molecular formula is C20H17ClN2O3S. The zero-order valence-corrected chi connectivity index (χ0v) is 16.0. The molecular weight excluding hydrogens is 384 g/mol. The number of benzene rings is 2. The Morgan fingerprint density at radius 1 is 1.11 bits per heavy atom. The number of rotatable bonds is 3. The average Bonchev–Trinajstić information content (AvgIpc) is 3.06. The SMILES string of the molecule is O=C1N=C(N2CCOCC2)SC1=Cc1ccc(Oc2ccccc2)cc1Cl. The molecule has 138 valence electrons. The Morgan fingerprint density at radius 2 is 1.89 bits per heavy atom. The Labute approximate surface area is 166 Å². The van der Waals surface area contributed by atoms with Gasteiger partial charge in [0.05, 0.1) is 23.1 Å². The van der Waals surface area contributed by atoms with Gasteiger partial charge in [0.2, 0.25) is 0 Å². The Kier molecular flexibility index (Phi) is 5.48. The monoisotopic (exact) mass is 400 g/mol. The molecule has 0 spiro atoms. The van der Waals surface area contributed by atoms with Crippen LogP contribution in [0.2, 0.25) is 5.02 Å². The van der Waals surface area contributed by atoms with Gasteiger partial charge in [-0.1, -0.05) is 29.8 Å². The Bertz CT molecular complexity index is 909. The molecule has 0 aliphatic carbocycles. The maximum Gasteiger partial charge on any atom is 0.286 e. The van der Waals surface area contributed by atoms with Crippen molar-refractivity contribution in [2.45, 2.75) is 0 Å². The number of aliphatic imine (C=N–C) groups is 1. The molecule has 2 aliphatic heterocycles. The number of para-hydroxylation sites is 1. The van der Waals surface area contributed by atoms with Gasteiger partial charge in [0.25, 0.3) is 5.91 Å². The predicted molar refractivity (Wildman–Crippen MR) is 108 cm³/mol. The molecule has 0 saturated carbocycles. The number of hydrogen-bond donors (Lipinski definition) is 0. The smallest absolute Gasteiger partial charge is 0.286 e. The van der Waals surface area contributed by atoms with Crippen LogP contribution >= 0.6 is 23.4 Å². The second-order valence-corrected chi connectivity index (χ2v) is 7.42. The quantitative estimate of drug-likeness (QED) is 0.713. The number of carbonyl (C=O) groups excluding carboxylic acids is 1. The minimum atomic E-state index is -0.234. The fourth-order valence-corrected chi connectivity index (χ4v) is 3.92. The molecule has 0 unspecified atom stereocenters. The second-order valence-electron chi connectivity index (χ2n) is 6.01. The van der Waals surface area contributed by atoms with Crippen LogP contribution in [0.15, 0.2) is 58.4 Å². The van der Waals surface area contributed by atoms with Crippen molar-refractivity contribution >= 4 is 40.5 Å². The van der Waals surface area contributed by atoms with Gasteiger partial charge in [-0.05, 0) is 53.7 Å². The van der Waals surface area contributed by atoms with Crippen LogP contribution in [0.5, 0.6) is 11.5 Å². The first kappa shape index (κ1) is 18.1. The van der Waals surface area contributed by atoms with Gasteiger partial charge in [0.15, 0.2) is 5.17 Å². The van der Waals surface area contributed by atoms with Gasteiger partial charge in [0, 0.05) is 13.1 Å². The lowest BCUT2D eigenvalue weighted by Gasteiger charge is -2.27. The summed E-state index contributed by atoms with van der Waals surface area (Å²) in [5.41, 5.74) is 0.756. The Hall–Kier alpha value is -2.28. The molecule has 2 aromatic carbocycles. The first-order chi connectivity index (χ1) is 13.2. The van der Waals surface area contributed by atoms with Crippen LogP contribution in [0.4, 0.5) is 0 Å². The highest BCUT2D eigenvalue weighted by Crippen LogP contribution is 2.33. The van der Waals surface area contributed by atoms with Crippen LogP contribution in [-0.4, -0.2) is 42.3 Å². The van der Waals surface area contributed by atoms with E-state index in [9.17, 15) is 4.79 Å². The van der Waals surface area contributed by atoms with E-state index in [1.54, 1.807) is 12.1 Å². The third-order valence-electron chi connectivity index (χ3n) is 4.13. The summed E-state index contributed by atoms with van der Waals surface area (Å²) in [6, 6.07) is 14.9. The maximum atomic E-state index is 12.2. The number of hydrogen-bond acceptors (Lipinski definition) is 5. The first-order valence-corrected chi connectivity index (χ1v) is 9.76. The van der Waals surface area contributed by atoms with Crippen LogP contribution in [0.1, 0.15) is 5.56 Å². The van der Waals surface area contributed by atoms with Gasteiger partial charge >= 0.3 is 0 Å². The number of amidine groups is 1. The lowest BCUT2D eigenvalue weighted by Crippen LogP contribution is -2.38. The van der Waals surface area contributed by atoms with E-state index in [4.69, 9.17) is 21.1 Å². The number of ether oxygens (including phenoxy) is 2. The Morgan fingerprint density at radius 3 is 2.63 bits per heavy atom. The second kappa shape index (κ2) is 8.17. The lowest BCUT2D eigenvalue weighted by atomic mass is 10.2. The molecule has 0 N–H and O–H groups in total. The third-order valence-corrected chi connectivity index (χ3v) is 5.50. The number of morpholine rings is 1. The number of amides is 1. The van der Waals surface area contributed by atoms with Crippen molar-refractivity contribution in [3.05, 3.63) is 64.0 Å². The van der Waals surface area contributed by atoms with E-state index >= 15 is 0 Å². The zero-order chi connectivity index (χ0) is 18.6. The van der Waals surface area contributed by atoms with E-state index in [2.05, 4.69) is 9.89 Å². The summed E-state index contributed by atoms with van der Waals surface area (Å²) in [6.07, 6.45) is 1.78. The molecule has 1 amide bonds. The van der Waals surface area contributed by atoms with Crippen LogP contribution in [-0.2, 0) is 9.53 Å². The van der Waals surface area contributed by atoms with Gasteiger partial charge < -0.3 is 14.4 Å². The van der Waals surface area contributed by atoms with Gasteiger partial charge in [-0.15, -0.1) is 0 Å². The zero-order valence-electron chi connectivity index (χ0n) is 14.4. The number of carbonyl (C=O) groups is 1. The van der Waals surface area contributed by atoms with Crippen LogP contribution < -0.4 is 4.74 Å². The predicted octanol–water partition coefficient (Wildman–Crippen LogP) is 4.43. The molecule has 2 heterocycles. The minimum absolute atomic E-state index is 0.234. The third kappa shape index (κ3) is 4.35. The topological polar surface area (TPSA) is 51.1 Å². The van der Waals surface area contributed by atoms with Gasteiger partial charge in [0.1, 0.15) is 11.5 Å². The molecule has 0 aromatic heterocycles. The number of thioether (sulfide) groups is 1. The van der Waals surface area contributed by atoms with E-state index in [0.29, 0.717) is 28.9 Å². The molecule has 5 nitrogen and oxygen atoms in total. The van der Waals surface area contributed by atoms with Crippen molar-refractivity contribution in [1.29, 1.82) is 0 Å². The highest BCUT2D eigenvalue weighted by Gasteiger charge is 2.27. The van der Waals surface area contributed by atoms with Gasteiger partial charge in [-0.2, -0.15) is 4.99 Å². The lowest BCUT2D eigenvalue weighted by molar-refractivity contribution is -0.113. The largest absolute Gasteiger partial charge is 0.457 e. The molecule has 0 atom stereocenters. The first-order valence-electron chi connectivity index (χ1n) is 8.57. The highest BCUT2D eigenvalue weighted by molar-refractivity contribution is 8.18. The molecule has 0 radical (unpaired) electrons. The average molecular weight is 401 g/mol. The summed E-state index contributed by atoms with van der Waals surface area (Å²) in [6.45, 7) is 2.81. The van der Waals surface area contributed by atoms with Crippen molar-refractivity contribution in [3.8, 4) is 11.5 Å². The molecule has 4 rings (SSSR count). The summed E-state index contributed by atoms with van der Waals surface area (Å²) in [4.78, 5) is 19.1. The summed E-state index contributed by atoms with van der Waals surface area (Å²) < 4.78 is 11.1. The normalized spacial score (nSPS) is 18.7. The van der Waals surface area contributed by atoms with Crippen molar-refractivity contribution in [2.24, 2.45) is 4.99 Å². The van der Waals surface area contributed by atoms with E-state index in [0.717, 1.165) is 29.6 Å². The van der Waals surface area contributed by atoms with Crippen LogP contribution in [0.3, 0.4) is 0 Å². The molecule has 1 saturated heterocycles. The van der Waals surface area contributed by atoms with Crippen LogP contribution in [0.25, 0.3) is 6.08 Å². The van der Waals surface area contributed by atoms with E-state index in [-0.39, 0.29) is 5.91 Å². The van der Waals surface area contributed by atoms with Crippen LogP contribution in [0, 0.1) is 0 Å². The molecule has 2 aromatic rings. The van der Waals surface area contributed by atoms with Gasteiger partial charge in [-0.3, -0.25) is 4.79 Å². The summed E-state index contributed by atoms with van der Waals surface area (Å²) >= 11 is 7.78. The molecule has 1 fully saturated rings. The summed E-state index contributed by atoms with van der Waals surface area (Å²) in [5, 5.41) is 1.25. The molecule has 7 heteroatoms. The Balaban J connectivity index is 1.48. The minimum Gasteiger partial charge on any atom is -0.457 e. The number of nitrogens with zero attached hydrogens (tertiary/aromatic N) is 2. The fourth-order valence-electron chi connectivity index (χ4n) is 2.74. The maximum absolute atomic E-state index is 12.2. The number of halogens is 1. The molecule has 27 heavy (non-hydrogen) atoms. The van der Waals surface area contributed by atoms with Crippen molar-refractivity contribution < 1.29 is 14.3 Å². The van der Waals surface area contributed by atoms with Crippen molar-refractivity contribution in [2.75, 3.05) is 26.3 Å². The highest BCUT2D eigenvalue weighted by atomic mass is 35.5. The molecule has 0 bridgehead atoms. The summed E-state index contributed by atoms with van der Waals surface area (Å²) in [7, 11) is 0. The van der Waals surface area contributed by atoms with Gasteiger partial charge in [-0.25, -0.2) is 0 Å².